The average molecular weight is 333 g/mol. The van der Waals surface area contributed by atoms with Crippen molar-refractivity contribution in [1.82, 2.24) is 4.98 Å². The van der Waals surface area contributed by atoms with Crippen LogP contribution in [0.25, 0.3) is 10.2 Å². The number of halogens is 1. The quantitative estimate of drug-likeness (QED) is 0.651. The highest BCUT2D eigenvalue weighted by molar-refractivity contribution is 7.19. The second kappa shape index (κ2) is 5.45. The molecular weight excluding hydrogens is 316 g/mol. The lowest BCUT2D eigenvalue weighted by Crippen LogP contribution is -2.13. The summed E-state index contributed by atoms with van der Waals surface area (Å²) >= 11 is 7.85. The van der Waals surface area contributed by atoms with Crippen molar-refractivity contribution in [3.63, 3.8) is 0 Å². The first-order chi connectivity index (χ1) is 10.4. The molecule has 0 aliphatic heterocycles. The summed E-state index contributed by atoms with van der Waals surface area (Å²) in [6, 6.07) is 5.61. The predicted molar refractivity (Wildman–Crippen MR) is 94.5 cm³/mol. The van der Waals surface area contributed by atoms with Crippen molar-refractivity contribution in [3.8, 4) is 0 Å². The second-order valence-corrected chi connectivity index (χ2v) is 7.18. The molecule has 0 saturated heterocycles. The molecule has 0 atom stereocenters. The third kappa shape index (κ3) is 2.42. The lowest BCUT2D eigenvalue weighted by Gasteiger charge is -2.08. The molecule has 0 saturated carbocycles. The predicted octanol–water partition coefficient (Wildman–Crippen LogP) is 5.37. The van der Waals surface area contributed by atoms with Gasteiger partial charge in [-0.2, -0.15) is 0 Å². The molecule has 0 aliphatic carbocycles. The maximum atomic E-state index is 12.7. The minimum atomic E-state index is -0.129. The van der Waals surface area contributed by atoms with Gasteiger partial charge in [-0.3, -0.25) is 4.79 Å². The molecule has 0 unspecified atom stereocenters. The number of thiophene rings is 1. The molecule has 5 heteroatoms. The summed E-state index contributed by atoms with van der Waals surface area (Å²) in [5.74, 6) is -0.129. The summed E-state index contributed by atoms with van der Waals surface area (Å²) in [4.78, 5) is 17.0. The number of H-pyrrole nitrogens is 1. The van der Waals surface area contributed by atoms with Crippen LogP contribution < -0.4 is 5.32 Å². The monoisotopic (exact) mass is 332 g/mol. The number of carbonyl (C=O) groups is 1. The van der Waals surface area contributed by atoms with Crippen LogP contribution in [0.1, 0.15) is 32.1 Å². The van der Waals surface area contributed by atoms with Crippen molar-refractivity contribution in [2.45, 2.75) is 27.7 Å². The van der Waals surface area contributed by atoms with Gasteiger partial charge in [0.15, 0.2) is 0 Å². The average Bonchev–Trinajstić information content (AvgIpc) is 2.89. The molecular formula is C17H17ClN2OS. The van der Waals surface area contributed by atoms with Gasteiger partial charge >= 0.3 is 0 Å². The number of rotatable bonds is 2. The van der Waals surface area contributed by atoms with Crippen LogP contribution in [0.15, 0.2) is 18.2 Å². The third-order valence-electron chi connectivity index (χ3n) is 3.90. The van der Waals surface area contributed by atoms with Gasteiger partial charge in [-0.05, 0) is 51.0 Å². The lowest BCUT2D eigenvalue weighted by molar-refractivity contribution is 0.102. The third-order valence-corrected chi connectivity index (χ3v) is 5.44. The molecule has 0 radical (unpaired) electrons. The Morgan fingerprint density at radius 3 is 2.64 bits per heavy atom. The van der Waals surface area contributed by atoms with Gasteiger partial charge < -0.3 is 10.3 Å². The first-order valence-corrected chi connectivity index (χ1v) is 8.23. The molecule has 0 fully saturated rings. The van der Waals surface area contributed by atoms with Gasteiger partial charge in [-0.15, -0.1) is 11.3 Å². The number of anilines is 1. The number of carbonyl (C=O) groups excluding carboxylic acids is 1. The van der Waals surface area contributed by atoms with Gasteiger partial charge in [0.2, 0.25) is 0 Å². The Kier molecular flexibility index (Phi) is 3.75. The molecule has 22 heavy (non-hydrogen) atoms. The van der Waals surface area contributed by atoms with Gasteiger partial charge in [-0.25, -0.2) is 0 Å². The molecule has 3 aromatic rings. The van der Waals surface area contributed by atoms with Crippen LogP contribution in [-0.2, 0) is 0 Å². The fourth-order valence-corrected chi connectivity index (χ4v) is 4.01. The SMILES string of the molecule is Cc1ccc(NC(=O)c2c(C)sc3c(C)c(C)[nH]c23)c(Cl)c1. The molecule has 0 bridgehead atoms. The second-order valence-electron chi connectivity index (χ2n) is 5.55. The minimum Gasteiger partial charge on any atom is -0.357 e. The molecule has 0 spiro atoms. The van der Waals surface area contributed by atoms with Crippen molar-refractivity contribution < 1.29 is 4.79 Å². The zero-order valence-corrected chi connectivity index (χ0v) is 14.5. The summed E-state index contributed by atoms with van der Waals surface area (Å²) in [5, 5.41) is 3.47. The summed E-state index contributed by atoms with van der Waals surface area (Å²) < 4.78 is 1.15. The summed E-state index contributed by atoms with van der Waals surface area (Å²) in [7, 11) is 0. The number of fused-ring (bicyclic) bond motifs is 1. The number of benzene rings is 1. The largest absolute Gasteiger partial charge is 0.357 e. The summed E-state index contributed by atoms with van der Waals surface area (Å²) in [6.45, 7) is 8.03. The smallest absolute Gasteiger partial charge is 0.258 e. The van der Waals surface area contributed by atoms with Crippen molar-refractivity contribution in [3.05, 3.63) is 50.5 Å². The Hall–Kier alpha value is -1.78. The number of amides is 1. The first kappa shape index (κ1) is 15.1. The summed E-state index contributed by atoms with van der Waals surface area (Å²) in [6.07, 6.45) is 0. The van der Waals surface area contributed by atoms with E-state index in [-0.39, 0.29) is 5.91 Å². The molecule has 1 amide bonds. The first-order valence-electron chi connectivity index (χ1n) is 7.04. The number of aromatic nitrogens is 1. The molecule has 3 nitrogen and oxygen atoms in total. The van der Waals surface area contributed by atoms with Crippen LogP contribution in [0.2, 0.25) is 5.02 Å². The van der Waals surface area contributed by atoms with E-state index in [2.05, 4.69) is 17.2 Å². The number of aromatic amines is 1. The van der Waals surface area contributed by atoms with Crippen LogP contribution in [0.4, 0.5) is 5.69 Å². The van der Waals surface area contributed by atoms with Crippen LogP contribution >= 0.6 is 22.9 Å². The van der Waals surface area contributed by atoms with Crippen LogP contribution in [0.5, 0.6) is 0 Å². The Labute approximate surface area is 138 Å². The van der Waals surface area contributed by atoms with Crippen LogP contribution in [0, 0.1) is 27.7 Å². The highest BCUT2D eigenvalue weighted by Crippen LogP contribution is 2.35. The number of nitrogens with one attached hydrogen (secondary N) is 2. The normalized spacial score (nSPS) is 11.1. The van der Waals surface area contributed by atoms with Crippen molar-refractivity contribution in [1.29, 1.82) is 0 Å². The topological polar surface area (TPSA) is 44.9 Å². The van der Waals surface area contributed by atoms with E-state index in [4.69, 9.17) is 11.6 Å². The van der Waals surface area contributed by atoms with Crippen molar-refractivity contribution >= 4 is 44.7 Å². The van der Waals surface area contributed by atoms with Gasteiger partial charge in [0.25, 0.3) is 5.91 Å². The number of hydrogen-bond donors (Lipinski definition) is 2. The van der Waals surface area contributed by atoms with Crippen molar-refractivity contribution in [2.24, 2.45) is 0 Å². The highest BCUT2D eigenvalue weighted by atomic mass is 35.5. The fourth-order valence-electron chi connectivity index (χ4n) is 2.56. The zero-order valence-electron chi connectivity index (χ0n) is 12.9. The van der Waals surface area contributed by atoms with E-state index in [1.54, 1.807) is 11.3 Å². The fraction of sp³-hybridized carbons (Fsp3) is 0.235. The van der Waals surface area contributed by atoms with E-state index in [1.807, 2.05) is 39.0 Å². The van der Waals surface area contributed by atoms with E-state index in [0.29, 0.717) is 16.3 Å². The van der Waals surface area contributed by atoms with Crippen LogP contribution in [0.3, 0.4) is 0 Å². The molecule has 1 aromatic carbocycles. The molecule has 2 heterocycles. The van der Waals surface area contributed by atoms with Crippen LogP contribution in [-0.4, -0.2) is 10.9 Å². The van der Waals surface area contributed by atoms with Crippen molar-refractivity contribution in [2.75, 3.05) is 5.32 Å². The Balaban J connectivity index is 2.02. The van der Waals surface area contributed by atoms with Gasteiger partial charge in [0.1, 0.15) is 0 Å². The molecule has 114 valence electrons. The molecule has 2 aromatic heterocycles. The highest BCUT2D eigenvalue weighted by Gasteiger charge is 2.20. The minimum absolute atomic E-state index is 0.129. The maximum absolute atomic E-state index is 12.7. The van der Waals surface area contributed by atoms with E-state index < -0.39 is 0 Å². The summed E-state index contributed by atoms with van der Waals surface area (Å²) in [5.41, 5.74) is 5.62. The Morgan fingerprint density at radius 1 is 1.23 bits per heavy atom. The molecule has 3 rings (SSSR count). The van der Waals surface area contributed by atoms with E-state index in [1.165, 1.54) is 5.56 Å². The Morgan fingerprint density at radius 2 is 1.95 bits per heavy atom. The maximum Gasteiger partial charge on any atom is 0.258 e. The lowest BCUT2D eigenvalue weighted by atomic mass is 10.2. The molecule has 2 N–H and O–H groups in total. The van der Waals surface area contributed by atoms with E-state index >= 15 is 0 Å². The van der Waals surface area contributed by atoms with Gasteiger partial charge in [0.05, 0.1) is 26.5 Å². The standard InChI is InChI=1S/C17H17ClN2OS/c1-8-5-6-13(12(18)7-8)20-17(21)14-11(4)22-16-9(2)10(3)19-15(14)16/h5-7,19H,1-4H3,(H,20,21). The Bertz CT molecular complexity index is 892. The number of hydrogen-bond acceptors (Lipinski definition) is 2. The van der Waals surface area contributed by atoms with E-state index in [9.17, 15) is 4.79 Å². The zero-order chi connectivity index (χ0) is 16.0. The number of aryl methyl sites for hydroxylation is 4. The van der Waals surface area contributed by atoms with Gasteiger partial charge in [0, 0.05) is 10.6 Å². The van der Waals surface area contributed by atoms with E-state index in [0.717, 1.165) is 26.4 Å². The van der Waals surface area contributed by atoms with Gasteiger partial charge in [-0.1, -0.05) is 17.7 Å². The molecule has 0 aliphatic rings.